The molecule has 0 atom stereocenters. The Labute approximate surface area is 161 Å². The van der Waals surface area contributed by atoms with Crippen LogP contribution in [0.15, 0.2) is 48.5 Å². The smallest absolute Gasteiger partial charge is 0.395 e. The molecule has 2 aliphatic rings. The summed E-state index contributed by atoms with van der Waals surface area (Å²) in [7, 11) is 0. The van der Waals surface area contributed by atoms with Crippen LogP contribution in [0.5, 0.6) is 11.5 Å². The van der Waals surface area contributed by atoms with Gasteiger partial charge in [0.25, 0.3) is 0 Å². The number of nitrogens with one attached hydrogen (secondary N) is 1. The third kappa shape index (κ3) is 4.33. The van der Waals surface area contributed by atoms with Crippen LogP contribution in [0.2, 0.25) is 0 Å². The van der Waals surface area contributed by atoms with Crippen molar-refractivity contribution in [1.82, 2.24) is 4.90 Å². The van der Waals surface area contributed by atoms with E-state index >= 15 is 0 Å². The molecule has 2 aliphatic heterocycles. The molecule has 0 aromatic heterocycles. The third-order valence-electron chi connectivity index (χ3n) is 4.76. The van der Waals surface area contributed by atoms with Crippen molar-refractivity contribution < 1.29 is 23.0 Å². The number of carbonyl (C=O) groups excluding carboxylic acids is 1. The Kier molecular flexibility index (Phi) is 5.04. The number of benzene rings is 2. The lowest BCUT2D eigenvalue weighted by Crippen LogP contribution is -2.36. The van der Waals surface area contributed by atoms with E-state index in [0.717, 1.165) is 32.6 Å². The average molecular weight is 389 g/mol. The van der Waals surface area contributed by atoms with Gasteiger partial charge in [-0.3, -0.25) is 9.69 Å². The Morgan fingerprint density at radius 3 is 2.61 bits per heavy atom. The van der Waals surface area contributed by atoms with E-state index < -0.39 is 6.29 Å². The zero-order valence-corrected chi connectivity index (χ0v) is 15.2. The third-order valence-corrected chi connectivity index (χ3v) is 4.76. The molecular formula is C20H21F2N3O3. The molecular weight excluding hydrogens is 368 g/mol. The van der Waals surface area contributed by atoms with Crippen molar-refractivity contribution in [2.45, 2.75) is 12.7 Å². The lowest BCUT2D eigenvalue weighted by molar-refractivity contribution is -0.286. The molecule has 1 fully saturated rings. The highest BCUT2D eigenvalue weighted by molar-refractivity contribution is 5.92. The van der Waals surface area contributed by atoms with Gasteiger partial charge < -0.3 is 19.7 Å². The number of ether oxygens (including phenoxy) is 2. The molecule has 8 heteroatoms. The van der Waals surface area contributed by atoms with Gasteiger partial charge in [-0.25, -0.2) is 0 Å². The van der Waals surface area contributed by atoms with Crippen LogP contribution < -0.4 is 19.7 Å². The minimum atomic E-state index is -3.67. The zero-order chi connectivity index (χ0) is 19.6. The Morgan fingerprint density at radius 1 is 1.00 bits per heavy atom. The summed E-state index contributed by atoms with van der Waals surface area (Å²) < 4.78 is 35.0. The predicted octanol–water partition coefficient (Wildman–Crippen LogP) is 3.16. The summed E-state index contributed by atoms with van der Waals surface area (Å²) in [4.78, 5) is 16.8. The highest BCUT2D eigenvalue weighted by atomic mass is 19.3. The number of para-hydroxylation sites is 1. The lowest BCUT2D eigenvalue weighted by Gasteiger charge is -2.23. The maximum Gasteiger partial charge on any atom is 0.586 e. The number of hydrogen-bond acceptors (Lipinski definition) is 5. The molecule has 2 heterocycles. The minimum absolute atomic E-state index is 0.0449. The summed E-state index contributed by atoms with van der Waals surface area (Å²) in [5, 5.41) is 2.73. The van der Waals surface area contributed by atoms with Gasteiger partial charge in [0.05, 0.1) is 6.54 Å². The Balaban J connectivity index is 1.31. The van der Waals surface area contributed by atoms with Crippen molar-refractivity contribution in [2.24, 2.45) is 0 Å². The second-order valence-electron chi connectivity index (χ2n) is 6.83. The van der Waals surface area contributed by atoms with Gasteiger partial charge in [-0.05, 0) is 30.7 Å². The SMILES string of the molecule is O=C(CN1CCCN(c2ccccc2)CC1)Nc1ccc2c(c1)OC(F)(F)O2. The number of hydrogen-bond donors (Lipinski definition) is 1. The molecule has 6 nitrogen and oxygen atoms in total. The van der Waals surface area contributed by atoms with Crippen molar-refractivity contribution in [1.29, 1.82) is 0 Å². The Bertz CT molecular complexity index is 848. The molecule has 4 rings (SSSR count). The number of amides is 1. The second-order valence-corrected chi connectivity index (χ2v) is 6.83. The summed E-state index contributed by atoms with van der Waals surface area (Å²) in [6.07, 6.45) is -2.71. The van der Waals surface area contributed by atoms with E-state index in [2.05, 4.69) is 36.7 Å². The van der Waals surface area contributed by atoms with Gasteiger partial charge in [0, 0.05) is 43.6 Å². The van der Waals surface area contributed by atoms with E-state index in [1.165, 1.54) is 23.9 Å². The minimum Gasteiger partial charge on any atom is -0.395 e. The van der Waals surface area contributed by atoms with Crippen LogP contribution >= 0.6 is 0 Å². The number of fused-ring (bicyclic) bond motifs is 1. The molecule has 28 heavy (non-hydrogen) atoms. The fourth-order valence-corrected chi connectivity index (χ4v) is 3.46. The fraction of sp³-hybridized carbons (Fsp3) is 0.350. The average Bonchev–Trinajstić information content (AvgIpc) is 2.81. The van der Waals surface area contributed by atoms with E-state index in [4.69, 9.17) is 0 Å². The van der Waals surface area contributed by atoms with Gasteiger partial charge in [-0.2, -0.15) is 0 Å². The number of rotatable bonds is 4. The first-order valence-electron chi connectivity index (χ1n) is 9.21. The quantitative estimate of drug-likeness (QED) is 0.871. The standard InChI is InChI=1S/C20H21F2N3O3/c21-20(22)27-17-8-7-15(13-18(17)28-20)23-19(26)14-24-9-4-10-25(12-11-24)16-5-2-1-3-6-16/h1-3,5-8,13H,4,9-12,14H2,(H,23,26). The molecule has 0 aliphatic carbocycles. The topological polar surface area (TPSA) is 54.0 Å². The molecule has 0 unspecified atom stereocenters. The largest absolute Gasteiger partial charge is 0.586 e. The molecule has 0 saturated carbocycles. The van der Waals surface area contributed by atoms with E-state index in [0.29, 0.717) is 5.69 Å². The maximum absolute atomic E-state index is 13.1. The summed E-state index contributed by atoms with van der Waals surface area (Å²) in [6, 6.07) is 14.4. The van der Waals surface area contributed by atoms with Crippen LogP contribution in [0.3, 0.4) is 0 Å². The molecule has 0 spiro atoms. The molecule has 1 saturated heterocycles. The van der Waals surface area contributed by atoms with Crippen molar-refractivity contribution in [3.63, 3.8) is 0 Å². The van der Waals surface area contributed by atoms with Crippen LogP contribution in [0.25, 0.3) is 0 Å². The van der Waals surface area contributed by atoms with Gasteiger partial charge >= 0.3 is 6.29 Å². The van der Waals surface area contributed by atoms with Crippen LogP contribution in [-0.4, -0.2) is 49.8 Å². The van der Waals surface area contributed by atoms with Crippen LogP contribution in [-0.2, 0) is 4.79 Å². The number of alkyl halides is 2. The summed E-state index contributed by atoms with van der Waals surface area (Å²) >= 11 is 0. The van der Waals surface area contributed by atoms with E-state index in [1.807, 2.05) is 18.2 Å². The first-order valence-corrected chi connectivity index (χ1v) is 9.21. The Morgan fingerprint density at radius 2 is 1.79 bits per heavy atom. The van der Waals surface area contributed by atoms with Crippen LogP contribution in [0.4, 0.5) is 20.2 Å². The van der Waals surface area contributed by atoms with Crippen molar-refractivity contribution >= 4 is 17.3 Å². The van der Waals surface area contributed by atoms with Crippen molar-refractivity contribution in [3.8, 4) is 11.5 Å². The fourth-order valence-electron chi connectivity index (χ4n) is 3.46. The molecule has 0 radical (unpaired) electrons. The van der Waals surface area contributed by atoms with Gasteiger partial charge in [0.2, 0.25) is 5.91 Å². The van der Waals surface area contributed by atoms with E-state index in [1.54, 1.807) is 0 Å². The normalized spacial score (nSPS) is 18.6. The van der Waals surface area contributed by atoms with Gasteiger partial charge in [0.1, 0.15) is 0 Å². The summed E-state index contributed by atoms with van der Waals surface area (Å²) in [5.74, 6) is -0.327. The number of nitrogens with zero attached hydrogens (tertiary/aromatic N) is 2. The number of halogens is 2. The van der Waals surface area contributed by atoms with Gasteiger partial charge in [-0.15, -0.1) is 8.78 Å². The number of carbonyl (C=O) groups is 1. The van der Waals surface area contributed by atoms with E-state index in [-0.39, 0.29) is 24.0 Å². The van der Waals surface area contributed by atoms with Crippen LogP contribution in [0.1, 0.15) is 6.42 Å². The number of anilines is 2. The Hall–Kier alpha value is -2.87. The first kappa shape index (κ1) is 18.5. The highest BCUT2D eigenvalue weighted by Crippen LogP contribution is 2.42. The second kappa shape index (κ2) is 7.63. The van der Waals surface area contributed by atoms with Gasteiger partial charge in [-0.1, -0.05) is 18.2 Å². The zero-order valence-electron chi connectivity index (χ0n) is 15.2. The molecule has 2 aromatic carbocycles. The summed E-state index contributed by atoms with van der Waals surface area (Å²) in [6.45, 7) is 3.63. The summed E-state index contributed by atoms with van der Waals surface area (Å²) in [5.41, 5.74) is 1.58. The van der Waals surface area contributed by atoms with E-state index in [9.17, 15) is 13.6 Å². The molecule has 148 valence electrons. The molecule has 0 bridgehead atoms. The molecule has 1 N–H and O–H groups in total. The van der Waals surface area contributed by atoms with Crippen molar-refractivity contribution in [3.05, 3.63) is 48.5 Å². The first-order chi connectivity index (χ1) is 13.5. The maximum atomic E-state index is 13.1. The predicted molar refractivity (Wildman–Crippen MR) is 101 cm³/mol. The monoisotopic (exact) mass is 389 g/mol. The lowest BCUT2D eigenvalue weighted by atomic mass is 10.2. The van der Waals surface area contributed by atoms with Gasteiger partial charge in [0.15, 0.2) is 11.5 Å². The van der Waals surface area contributed by atoms with Crippen LogP contribution in [0, 0.1) is 0 Å². The molecule has 2 aromatic rings. The van der Waals surface area contributed by atoms with Crippen molar-refractivity contribution in [2.75, 3.05) is 42.9 Å². The molecule has 1 amide bonds. The highest BCUT2D eigenvalue weighted by Gasteiger charge is 2.43.